The highest BCUT2D eigenvalue weighted by Gasteiger charge is 2.46. The summed E-state index contributed by atoms with van der Waals surface area (Å²) in [5.74, 6) is -2.08. The number of hydrogen-bond donors (Lipinski definition) is 1. The van der Waals surface area contributed by atoms with Gasteiger partial charge in [0.05, 0.1) is 11.6 Å². The largest absolute Gasteiger partial charge is 0.507 e. The second-order valence-electron chi connectivity index (χ2n) is 8.33. The lowest BCUT2D eigenvalue weighted by atomic mass is 9.91. The van der Waals surface area contributed by atoms with Gasteiger partial charge in [0.15, 0.2) is 0 Å². The van der Waals surface area contributed by atoms with Gasteiger partial charge >= 0.3 is 0 Å². The Bertz CT molecular complexity index is 1240. The monoisotopic (exact) mass is 432 g/mol. The average Bonchev–Trinajstić information content (AvgIpc) is 3.03. The second kappa shape index (κ2) is 8.55. The number of fused-ring (bicyclic) bond motifs is 1. The normalized spacial score (nSPS) is 18.2. The van der Waals surface area contributed by atoms with Crippen LogP contribution in [0.25, 0.3) is 16.5 Å². The Morgan fingerprint density at radius 2 is 1.78 bits per heavy atom. The number of amides is 1. The van der Waals surface area contributed by atoms with Gasteiger partial charge in [-0.2, -0.15) is 0 Å². The van der Waals surface area contributed by atoms with Crippen LogP contribution in [0.2, 0.25) is 0 Å². The van der Waals surface area contributed by atoms with Crippen molar-refractivity contribution >= 4 is 28.2 Å². The Morgan fingerprint density at radius 3 is 2.50 bits per heavy atom. The Morgan fingerprint density at radius 1 is 1.06 bits per heavy atom. The van der Waals surface area contributed by atoms with Crippen molar-refractivity contribution < 1.29 is 19.1 Å². The first-order valence-corrected chi connectivity index (χ1v) is 10.5. The Balaban J connectivity index is 1.95. The highest BCUT2D eigenvalue weighted by Crippen LogP contribution is 2.41. The summed E-state index contributed by atoms with van der Waals surface area (Å²) in [5, 5.41) is 13.0. The van der Waals surface area contributed by atoms with Crippen molar-refractivity contribution in [2.24, 2.45) is 0 Å². The standard InChI is InChI=1S/C26H25FN2O3/c1-16-15-18(11-12-21(16)27)24(30)22-23(29(14-13-28(2)3)26(32)25(22)31)20-10-6-8-17-7-4-5-9-19(17)20/h4-12,15,23,30H,13-14H2,1-3H3/b24-22-. The van der Waals surface area contributed by atoms with Crippen LogP contribution in [0.1, 0.15) is 22.7 Å². The molecule has 0 radical (unpaired) electrons. The first-order chi connectivity index (χ1) is 15.3. The van der Waals surface area contributed by atoms with Gasteiger partial charge in [0.2, 0.25) is 0 Å². The van der Waals surface area contributed by atoms with E-state index in [9.17, 15) is 19.1 Å². The maximum Gasteiger partial charge on any atom is 0.295 e. The lowest BCUT2D eigenvalue weighted by Crippen LogP contribution is -2.35. The predicted octanol–water partition coefficient (Wildman–Crippen LogP) is 4.27. The number of halogens is 1. The van der Waals surface area contributed by atoms with Crippen molar-refractivity contribution in [3.05, 3.63) is 88.7 Å². The van der Waals surface area contributed by atoms with Crippen LogP contribution in [0, 0.1) is 12.7 Å². The zero-order valence-electron chi connectivity index (χ0n) is 18.3. The maximum atomic E-state index is 13.8. The highest BCUT2D eigenvalue weighted by atomic mass is 19.1. The fraction of sp³-hybridized carbons (Fsp3) is 0.231. The van der Waals surface area contributed by atoms with Gasteiger partial charge in [-0.3, -0.25) is 9.59 Å². The van der Waals surface area contributed by atoms with Crippen LogP contribution in [0.3, 0.4) is 0 Å². The van der Waals surface area contributed by atoms with Crippen LogP contribution in [0.15, 0.2) is 66.2 Å². The summed E-state index contributed by atoms with van der Waals surface area (Å²) in [5.41, 5.74) is 1.44. The minimum Gasteiger partial charge on any atom is -0.507 e. The number of aliphatic hydroxyl groups excluding tert-OH is 1. The van der Waals surface area contributed by atoms with Crippen molar-refractivity contribution in [3.63, 3.8) is 0 Å². The molecule has 6 heteroatoms. The van der Waals surface area contributed by atoms with Crippen LogP contribution in [0.4, 0.5) is 4.39 Å². The number of Topliss-reactive ketones (excluding diaryl/α,β-unsaturated/α-hetero) is 1. The zero-order chi connectivity index (χ0) is 23.0. The van der Waals surface area contributed by atoms with Crippen molar-refractivity contribution in [1.82, 2.24) is 9.80 Å². The van der Waals surface area contributed by atoms with E-state index in [-0.39, 0.29) is 11.3 Å². The van der Waals surface area contributed by atoms with Crippen LogP contribution >= 0.6 is 0 Å². The molecule has 1 fully saturated rings. The number of rotatable bonds is 5. The molecule has 1 amide bonds. The molecule has 1 unspecified atom stereocenters. The van der Waals surface area contributed by atoms with Gasteiger partial charge in [-0.25, -0.2) is 4.39 Å². The van der Waals surface area contributed by atoms with Crippen LogP contribution in [-0.2, 0) is 9.59 Å². The first kappa shape index (κ1) is 21.7. The molecule has 1 atom stereocenters. The van der Waals surface area contributed by atoms with Gasteiger partial charge in [0.25, 0.3) is 11.7 Å². The maximum absolute atomic E-state index is 13.8. The molecule has 1 aliphatic rings. The smallest absolute Gasteiger partial charge is 0.295 e. The molecule has 32 heavy (non-hydrogen) atoms. The third kappa shape index (κ3) is 3.78. The lowest BCUT2D eigenvalue weighted by Gasteiger charge is -2.27. The topological polar surface area (TPSA) is 60.9 Å². The molecular formula is C26H25FN2O3. The number of nitrogens with zero attached hydrogens (tertiary/aromatic N) is 2. The molecule has 0 aliphatic carbocycles. The van der Waals surface area contributed by atoms with Crippen molar-refractivity contribution in [1.29, 1.82) is 0 Å². The molecule has 3 aromatic rings. The SMILES string of the molecule is Cc1cc(/C(O)=C2/C(=O)C(=O)N(CCN(C)C)C2c2cccc3ccccc23)ccc1F. The fourth-order valence-corrected chi connectivity index (χ4v) is 4.18. The predicted molar refractivity (Wildman–Crippen MR) is 123 cm³/mol. The second-order valence-corrected chi connectivity index (χ2v) is 8.33. The fourth-order valence-electron chi connectivity index (χ4n) is 4.18. The molecule has 4 rings (SSSR count). The van der Waals surface area contributed by atoms with Gasteiger partial charge in [-0.05, 0) is 61.1 Å². The van der Waals surface area contributed by atoms with Crippen LogP contribution in [0.5, 0.6) is 0 Å². The van der Waals surface area contributed by atoms with Crippen molar-refractivity contribution in [3.8, 4) is 0 Å². The third-order valence-electron chi connectivity index (χ3n) is 5.88. The summed E-state index contributed by atoms with van der Waals surface area (Å²) < 4.78 is 13.8. The van der Waals surface area contributed by atoms with E-state index in [0.717, 1.165) is 16.3 Å². The molecule has 164 valence electrons. The van der Waals surface area contributed by atoms with E-state index in [1.165, 1.54) is 23.1 Å². The van der Waals surface area contributed by atoms with Gasteiger partial charge in [-0.1, -0.05) is 42.5 Å². The Kier molecular flexibility index (Phi) is 5.80. The van der Waals surface area contributed by atoms with E-state index >= 15 is 0 Å². The van der Waals surface area contributed by atoms with E-state index in [0.29, 0.717) is 24.2 Å². The number of carbonyl (C=O) groups is 2. The third-order valence-corrected chi connectivity index (χ3v) is 5.88. The van der Waals surface area contributed by atoms with E-state index in [4.69, 9.17) is 0 Å². The molecule has 1 saturated heterocycles. The molecule has 1 heterocycles. The van der Waals surface area contributed by atoms with Crippen molar-refractivity contribution in [2.75, 3.05) is 27.2 Å². The van der Waals surface area contributed by atoms with Gasteiger partial charge in [-0.15, -0.1) is 0 Å². The van der Waals surface area contributed by atoms with Crippen LogP contribution < -0.4 is 0 Å². The first-order valence-electron chi connectivity index (χ1n) is 10.5. The van der Waals surface area contributed by atoms with E-state index < -0.39 is 23.5 Å². The quantitative estimate of drug-likeness (QED) is 0.372. The van der Waals surface area contributed by atoms with E-state index in [1.807, 2.05) is 61.5 Å². The van der Waals surface area contributed by atoms with Gasteiger partial charge in [0, 0.05) is 18.7 Å². The summed E-state index contributed by atoms with van der Waals surface area (Å²) in [7, 11) is 3.79. The number of hydrogen-bond acceptors (Lipinski definition) is 4. The number of carbonyl (C=O) groups excluding carboxylic acids is 2. The summed E-state index contributed by atoms with van der Waals surface area (Å²) in [4.78, 5) is 29.7. The highest BCUT2D eigenvalue weighted by molar-refractivity contribution is 6.46. The lowest BCUT2D eigenvalue weighted by molar-refractivity contribution is -0.140. The molecule has 0 saturated carbocycles. The average molecular weight is 432 g/mol. The molecule has 5 nitrogen and oxygen atoms in total. The minimum atomic E-state index is -0.744. The molecule has 0 spiro atoms. The van der Waals surface area contributed by atoms with Crippen molar-refractivity contribution in [2.45, 2.75) is 13.0 Å². The minimum absolute atomic E-state index is 0.0242. The number of ketones is 1. The molecule has 3 aromatic carbocycles. The van der Waals surface area contributed by atoms with Gasteiger partial charge in [0.1, 0.15) is 11.6 Å². The zero-order valence-corrected chi connectivity index (χ0v) is 18.3. The molecular weight excluding hydrogens is 407 g/mol. The summed E-state index contributed by atoms with van der Waals surface area (Å²) in [6.45, 7) is 2.47. The number of aryl methyl sites for hydroxylation is 1. The Labute approximate surface area is 186 Å². The van der Waals surface area contributed by atoms with E-state index in [2.05, 4.69) is 0 Å². The Hall–Kier alpha value is -3.51. The number of likely N-dealkylation sites (tertiary alicyclic amines) is 1. The molecule has 0 bridgehead atoms. The molecule has 1 aliphatic heterocycles. The van der Waals surface area contributed by atoms with Gasteiger partial charge < -0.3 is 14.9 Å². The van der Waals surface area contributed by atoms with Crippen LogP contribution in [-0.4, -0.2) is 53.8 Å². The van der Waals surface area contributed by atoms with E-state index in [1.54, 1.807) is 6.92 Å². The number of aliphatic hydroxyl groups is 1. The summed E-state index contributed by atoms with van der Waals surface area (Å²) in [6, 6.07) is 16.9. The summed E-state index contributed by atoms with van der Waals surface area (Å²) in [6.07, 6.45) is 0. The number of benzene rings is 3. The molecule has 0 aromatic heterocycles. The molecule has 1 N–H and O–H groups in total. The summed E-state index contributed by atoms with van der Waals surface area (Å²) >= 11 is 0. The number of likely N-dealkylation sites (N-methyl/N-ethyl adjacent to an activating group) is 1.